The molecule has 5 nitrogen and oxygen atoms in total. The summed E-state index contributed by atoms with van der Waals surface area (Å²) < 4.78 is 6.18. The number of hydrogen-bond acceptors (Lipinski definition) is 4. The molecule has 0 radical (unpaired) electrons. The smallest absolute Gasteiger partial charge is 0.194 e. The van der Waals surface area contributed by atoms with Gasteiger partial charge in [-0.25, -0.2) is 0 Å². The third kappa shape index (κ3) is 6.71. The van der Waals surface area contributed by atoms with E-state index in [9.17, 15) is 5.11 Å². The van der Waals surface area contributed by atoms with Crippen LogP contribution in [0.2, 0.25) is 0 Å². The largest absolute Gasteiger partial charge is 0.387 e. The summed E-state index contributed by atoms with van der Waals surface area (Å²) >= 11 is 1.83. The van der Waals surface area contributed by atoms with Crippen LogP contribution in [0.1, 0.15) is 51.9 Å². The molecule has 0 amide bonds. The monoisotopic (exact) mass is 497 g/mol. The number of rotatable bonds is 6. The van der Waals surface area contributed by atoms with Crippen molar-refractivity contribution in [2.75, 3.05) is 44.3 Å². The number of aliphatic imine (C=N–C) groups is 1. The Labute approximate surface area is 180 Å². The van der Waals surface area contributed by atoms with Gasteiger partial charge in [0.15, 0.2) is 5.96 Å². The lowest BCUT2D eigenvalue weighted by atomic mass is 10.0. The van der Waals surface area contributed by atoms with Crippen LogP contribution in [0.25, 0.3) is 0 Å². The summed E-state index contributed by atoms with van der Waals surface area (Å²) in [7, 11) is 0. The molecule has 0 aromatic heterocycles. The number of ether oxygens (including phenoxy) is 1. The summed E-state index contributed by atoms with van der Waals surface area (Å²) in [5, 5.41) is 13.9. The molecule has 1 aliphatic carbocycles. The second kappa shape index (κ2) is 11.3. The second-order valence-corrected chi connectivity index (χ2v) is 8.97. The normalized spacial score (nSPS) is 28.4. The number of piperidine rings is 1. The zero-order valence-corrected chi connectivity index (χ0v) is 19.3. The second-order valence-electron chi connectivity index (χ2n) is 7.87. The van der Waals surface area contributed by atoms with E-state index in [1.165, 1.54) is 25.7 Å². The molecule has 2 aliphatic heterocycles. The number of aliphatic hydroxyl groups is 1. The number of halogens is 1. The fourth-order valence-electron chi connectivity index (χ4n) is 4.05. The van der Waals surface area contributed by atoms with Crippen LogP contribution in [0, 0.1) is 5.92 Å². The van der Waals surface area contributed by atoms with Gasteiger partial charge < -0.3 is 20.1 Å². The van der Waals surface area contributed by atoms with Crippen molar-refractivity contribution in [3.05, 3.63) is 0 Å². The van der Waals surface area contributed by atoms with Crippen LogP contribution in [0.15, 0.2) is 4.99 Å². The van der Waals surface area contributed by atoms with Gasteiger partial charge in [-0.1, -0.05) is 12.8 Å². The van der Waals surface area contributed by atoms with E-state index in [-0.39, 0.29) is 24.0 Å². The topological polar surface area (TPSA) is 57.1 Å². The van der Waals surface area contributed by atoms with Gasteiger partial charge in [-0.2, -0.15) is 11.8 Å². The standard InChI is InChI=1S/C19H35N3O2S.HI/c1-2-20-18(21-14-19(23)9-12-25-15-19)22-10-7-17(8-11-22)24-13-16-5-3-4-6-16;/h16-17,23H,2-15H2,1H3,(H,20,21);1H. The first-order chi connectivity index (χ1) is 12.2. The van der Waals surface area contributed by atoms with Gasteiger partial charge in [0.2, 0.25) is 0 Å². The van der Waals surface area contributed by atoms with Gasteiger partial charge in [-0.15, -0.1) is 24.0 Å². The van der Waals surface area contributed by atoms with Crippen molar-refractivity contribution in [1.29, 1.82) is 0 Å². The molecule has 1 unspecified atom stereocenters. The molecular weight excluding hydrogens is 461 g/mol. The van der Waals surface area contributed by atoms with Crippen molar-refractivity contribution in [2.24, 2.45) is 10.9 Å². The first kappa shape index (κ1) is 22.6. The maximum Gasteiger partial charge on any atom is 0.194 e. The van der Waals surface area contributed by atoms with E-state index >= 15 is 0 Å². The average molecular weight is 497 g/mol. The van der Waals surface area contributed by atoms with Crippen molar-refractivity contribution >= 4 is 41.7 Å². The summed E-state index contributed by atoms with van der Waals surface area (Å²) in [6.07, 6.45) is 8.93. The zero-order chi connectivity index (χ0) is 17.5. The van der Waals surface area contributed by atoms with Gasteiger partial charge in [0.1, 0.15) is 0 Å². The fraction of sp³-hybridized carbons (Fsp3) is 0.947. The molecule has 3 fully saturated rings. The Balaban J connectivity index is 0.00000243. The highest BCUT2D eigenvalue weighted by Gasteiger charge is 2.32. The Morgan fingerprint density at radius 2 is 2.00 bits per heavy atom. The van der Waals surface area contributed by atoms with Crippen LogP contribution in [0.3, 0.4) is 0 Å². The van der Waals surface area contributed by atoms with Gasteiger partial charge >= 0.3 is 0 Å². The van der Waals surface area contributed by atoms with Crippen molar-refractivity contribution < 1.29 is 9.84 Å². The molecule has 2 saturated heterocycles. The Hall–Kier alpha value is 0.270. The summed E-state index contributed by atoms with van der Waals surface area (Å²) in [6.45, 7) is 6.43. The highest BCUT2D eigenvalue weighted by atomic mass is 127. The predicted octanol–water partition coefficient (Wildman–Crippen LogP) is 3.11. The van der Waals surface area contributed by atoms with E-state index in [0.29, 0.717) is 12.6 Å². The molecule has 26 heavy (non-hydrogen) atoms. The molecule has 0 spiro atoms. The van der Waals surface area contributed by atoms with Crippen LogP contribution in [-0.4, -0.2) is 72.0 Å². The molecule has 0 aromatic rings. The third-order valence-corrected chi connectivity index (χ3v) is 6.96. The lowest BCUT2D eigenvalue weighted by Gasteiger charge is -2.35. The van der Waals surface area contributed by atoms with Crippen LogP contribution < -0.4 is 5.32 Å². The number of hydrogen-bond donors (Lipinski definition) is 2. The molecular formula is C19H36IN3O2S. The van der Waals surface area contributed by atoms with E-state index in [2.05, 4.69) is 17.1 Å². The van der Waals surface area contributed by atoms with E-state index < -0.39 is 5.60 Å². The van der Waals surface area contributed by atoms with Crippen LogP contribution in [0.5, 0.6) is 0 Å². The highest BCUT2D eigenvalue weighted by molar-refractivity contribution is 14.0. The van der Waals surface area contributed by atoms with Crippen molar-refractivity contribution in [2.45, 2.75) is 63.6 Å². The van der Waals surface area contributed by atoms with E-state index in [1.807, 2.05) is 11.8 Å². The minimum Gasteiger partial charge on any atom is -0.387 e. The lowest BCUT2D eigenvalue weighted by molar-refractivity contribution is 0.000893. The lowest BCUT2D eigenvalue weighted by Crippen LogP contribution is -2.48. The van der Waals surface area contributed by atoms with Crippen molar-refractivity contribution in [3.8, 4) is 0 Å². The van der Waals surface area contributed by atoms with Gasteiger partial charge in [0.05, 0.1) is 18.2 Å². The van der Waals surface area contributed by atoms with E-state index in [0.717, 1.165) is 68.9 Å². The van der Waals surface area contributed by atoms with Gasteiger partial charge in [0.25, 0.3) is 0 Å². The SMILES string of the molecule is CCNC(=NCC1(O)CCSC1)N1CCC(OCC2CCCC2)CC1.I. The summed E-state index contributed by atoms with van der Waals surface area (Å²) in [6, 6.07) is 0. The molecule has 1 atom stereocenters. The predicted molar refractivity (Wildman–Crippen MR) is 121 cm³/mol. The molecule has 152 valence electrons. The molecule has 3 aliphatic rings. The van der Waals surface area contributed by atoms with Gasteiger partial charge in [-0.05, 0) is 50.7 Å². The zero-order valence-electron chi connectivity index (χ0n) is 16.1. The van der Waals surface area contributed by atoms with Crippen molar-refractivity contribution in [1.82, 2.24) is 10.2 Å². The first-order valence-electron chi connectivity index (χ1n) is 10.1. The van der Waals surface area contributed by atoms with Crippen LogP contribution in [0.4, 0.5) is 0 Å². The quantitative estimate of drug-likeness (QED) is 0.336. The Kier molecular flexibility index (Phi) is 9.82. The average Bonchev–Trinajstić information content (AvgIpc) is 3.29. The maximum atomic E-state index is 10.5. The van der Waals surface area contributed by atoms with Crippen LogP contribution >= 0.6 is 35.7 Å². The maximum absolute atomic E-state index is 10.5. The molecule has 1 saturated carbocycles. The molecule has 7 heteroatoms. The highest BCUT2D eigenvalue weighted by Crippen LogP contribution is 2.28. The molecule has 2 N–H and O–H groups in total. The fourth-order valence-corrected chi connectivity index (χ4v) is 5.34. The molecule has 2 heterocycles. The number of guanidine groups is 1. The number of nitrogens with one attached hydrogen (secondary N) is 1. The molecule has 0 aromatic carbocycles. The summed E-state index contributed by atoms with van der Waals surface area (Å²) in [5.74, 6) is 3.63. The third-order valence-electron chi connectivity index (χ3n) is 5.72. The minimum absolute atomic E-state index is 0. The molecule has 3 rings (SSSR count). The van der Waals surface area contributed by atoms with E-state index in [4.69, 9.17) is 9.73 Å². The Morgan fingerprint density at radius 3 is 2.62 bits per heavy atom. The summed E-state index contributed by atoms with van der Waals surface area (Å²) in [5.41, 5.74) is -0.603. The van der Waals surface area contributed by atoms with Gasteiger partial charge in [0, 0.05) is 32.0 Å². The number of nitrogens with zero attached hydrogens (tertiary/aromatic N) is 2. The molecule has 0 bridgehead atoms. The number of likely N-dealkylation sites (tertiary alicyclic amines) is 1. The van der Waals surface area contributed by atoms with Crippen molar-refractivity contribution in [3.63, 3.8) is 0 Å². The number of thioether (sulfide) groups is 1. The van der Waals surface area contributed by atoms with E-state index in [1.54, 1.807) is 0 Å². The Morgan fingerprint density at radius 1 is 1.27 bits per heavy atom. The summed E-state index contributed by atoms with van der Waals surface area (Å²) in [4.78, 5) is 7.09. The Bertz CT molecular complexity index is 433. The first-order valence-corrected chi connectivity index (χ1v) is 11.3. The van der Waals surface area contributed by atoms with Gasteiger partial charge in [-0.3, -0.25) is 4.99 Å². The van der Waals surface area contributed by atoms with Crippen LogP contribution in [-0.2, 0) is 4.74 Å². The minimum atomic E-state index is -0.603.